The number of hydrogen-bond acceptors (Lipinski definition) is 4. The van der Waals surface area contributed by atoms with Crippen molar-refractivity contribution in [2.24, 2.45) is 29.4 Å². The number of hydrogen-bond donors (Lipinski definition) is 3. The van der Waals surface area contributed by atoms with Crippen LogP contribution >= 0.6 is 0 Å². The maximum atomic E-state index is 12.7. The van der Waals surface area contributed by atoms with Crippen molar-refractivity contribution >= 4 is 10.0 Å². The molecule has 7 heteroatoms. The molecule has 23 heavy (non-hydrogen) atoms. The molecule has 4 aliphatic carbocycles. The first-order chi connectivity index (χ1) is 10.8. The van der Waals surface area contributed by atoms with Crippen LogP contribution in [-0.4, -0.2) is 30.7 Å². The first-order valence-electron chi connectivity index (χ1n) is 8.59. The SMILES string of the molecule is Cc1n[nH]c(C)c1S(=O)(=O)NCC1(N)C2CC3CC(C2)CC1C3. The number of nitrogens with one attached hydrogen (secondary N) is 2. The lowest BCUT2D eigenvalue weighted by Gasteiger charge is -2.59. The molecule has 0 aliphatic heterocycles. The second-order valence-electron chi connectivity index (χ2n) is 8.00. The fraction of sp³-hybridized carbons (Fsp3) is 0.812. The van der Waals surface area contributed by atoms with Crippen molar-refractivity contribution in [2.75, 3.05) is 6.54 Å². The molecular formula is C16H26N4O2S. The van der Waals surface area contributed by atoms with Crippen LogP contribution in [0.15, 0.2) is 4.90 Å². The molecule has 128 valence electrons. The predicted octanol–water partition coefficient (Wildman–Crippen LogP) is 1.46. The minimum atomic E-state index is -3.57. The molecule has 4 N–H and O–H groups in total. The third-order valence-corrected chi connectivity index (χ3v) is 8.22. The predicted molar refractivity (Wildman–Crippen MR) is 87.2 cm³/mol. The summed E-state index contributed by atoms with van der Waals surface area (Å²) in [4.78, 5) is 0.268. The molecule has 1 aromatic heterocycles. The lowest BCUT2D eigenvalue weighted by atomic mass is 9.49. The molecule has 6 nitrogen and oxygen atoms in total. The number of rotatable bonds is 4. The zero-order valence-electron chi connectivity index (χ0n) is 13.8. The molecule has 0 spiro atoms. The Bertz CT molecular complexity index is 677. The van der Waals surface area contributed by atoms with Crippen LogP contribution in [0.5, 0.6) is 0 Å². The van der Waals surface area contributed by atoms with Gasteiger partial charge in [-0.3, -0.25) is 5.10 Å². The third-order valence-electron chi connectivity index (χ3n) is 6.56. The van der Waals surface area contributed by atoms with Gasteiger partial charge in [0.05, 0.1) is 11.4 Å². The second kappa shape index (κ2) is 5.04. The second-order valence-corrected chi connectivity index (χ2v) is 9.71. The van der Waals surface area contributed by atoms with Crippen LogP contribution in [-0.2, 0) is 10.0 Å². The molecule has 0 atom stereocenters. The Hall–Kier alpha value is -0.920. The average molecular weight is 338 g/mol. The third kappa shape index (κ3) is 2.36. The smallest absolute Gasteiger partial charge is 0.244 e. The quantitative estimate of drug-likeness (QED) is 0.773. The Labute approximate surface area is 137 Å². The van der Waals surface area contributed by atoms with Gasteiger partial charge in [-0.25, -0.2) is 13.1 Å². The van der Waals surface area contributed by atoms with E-state index in [0.29, 0.717) is 29.8 Å². The van der Waals surface area contributed by atoms with Gasteiger partial charge in [-0.15, -0.1) is 0 Å². The Morgan fingerprint density at radius 3 is 2.22 bits per heavy atom. The molecule has 5 rings (SSSR count). The highest BCUT2D eigenvalue weighted by atomic mass is 32.2. The number of nitrogens with zero attached hydrogens (tertiary/aromatic N) is 1. The molecule has 1 aromatic rings. The van der Waals surface area contributed by atoms with Gasteiger partial charge in [0.1, 0.15) is 4.90 Å². The summed E-state index contributed by atoms with van der Waals surface area (Å²) in [5.41, 5.74) is 7.48. The Kier molecular flexibility index (Phi) is 3.42. The number of H-pyrrole nitrogens is 1. The van der Waals surface area contributed by atoms with Crippen molar-refractivity contribution in [1.29, 1.82) is 0 Å². The van der Waals surface area contributed by atoms with Crippen LogP contribution in [0.4, 0.5) is 0 Å². The number of nitrogens with two attached hydrogens (primary N) is 1. The summed E-state index contributed by atoms with van der Waals surface area (Å²) in [5.74, 6) is 2.58. The van der Waals surface area contributed by atoms with E-state index in [1.54, 1.807) is 13.8 Å². The summed E-state index contributed by atoms with van der Waals surface area (Å²) in [6.45, 7) is 3.78. The van der Waals surface area contributed by atoms with Crippen LogP contribution in [0.2, 0.25) is 0 Å². The summed E-state index contributed by atoms with van der Waals surface area (Å²) in [6.07, 6.45) is 6.07. The van der Waals surface area contributed by atoms with Crippen LogP contribution in [0.3, 0.4) is 0 Å². The number of aromatic amines is 1. The Morgan fingerprint density at radius 2 is 1.74 bits per heavy atom. The van der Waals surface area contributed by atoms with E-state index in [0.717, 1.165) is 11.8 Å². The van der Waals surface area contributed by atoms with Gasteiger partial charge >= 0.3 is 0 Å². The lowest BCUT2D eigenvalue weighted by molar-refractivity contribution is -0.0521. The largest absolute Gasteiger partial charge is 0.324 e. The Balaban J connectivity index is 1.55. The van der Waals surface area contributed by atoms with Crippen molar-refractivity contribution < 1.29 is 8.42 Å². The Morgan fingerprint density at radius 1 is 1.17 bits per heavy atom. The van der Waals surface area contributed by atoms with E-state index in [1.165, 1.54) is 32.1 Å². The molecular weight excluding hydrogens is 312 g/mol. The van der Waals surface area contributed by atoms with E-state index in [4.69, 9.17) is 5.73 Å². The summed E-state index contributed by atoms with van der Waals surface area (Å²) < 4.78 is 28.2. The van der Waals surface area contributed by atoms with Crippen molar-refractivity contribution in [2.45, 2.75) is 56.4 Å². The molecule has 0 saturated heterocycles. The fourth-order valence-corrected chi connectivity index (χ4v) is 7.05. The zero-order chi connectivity index (χ0) is 16.4. The van der Waals surface area contributed by atoms with Gasteiger partial charge in [0, 0.05) is 12.1 Å². The van der Waals surface area contributed by atoms with Crippen LogP contribution < -0.4 is 10.5 Å². The lowest BCUT2D eigenvalue weighted by Crippen LogP contribution is -2.67. The van der Waals surface area contributed by atoms with Gasteiger partial charge in [-0.05, 0) is 69.6 Å². The van der Waals surface area contributed by atoms with Crippen molar-refractivity contribution in [3.8, 4) is 0 Å². The number of aromatic nitrogens is 2. The number of aryl methyl sites for hydroxylation is 2. The summed E-state index contributed by atoms with van der Waals surface area (Å²) >= 11 is 0. The molecule has 1 heterocycles. The standard InChI is InChI=1S/C16H26N4O2S/c1-9-15(10(2)20-19-9)23(21,22)18-8-16(17)13-4-11-3-12(6-13)7-14(16)5-11/h11-14,18H,3-8,17H2,1-2H3,(H,19,20). The van der Waals surface area contributed by atoms with E-state index in [1.807, 2.05) is 0 Å². The van der Waals surface area contributed by atoms with Gasteiger partial charge < -0.3 is 5.73 Å². The van der Waals surface area contributed by atoms with E-state index in [-0.39, 0.29) is 10.4 Å². The highest BCUT2D eigenvalue weighted by Crippen LogP contribution is 2.57. The summed E-state index contributed by atoms with van der Waals surface area (Å²) in [7, 11) is -3.57. The molecule has 4 fully saturated rings. The van der Waals surface area contributed by atoms with E-state index in [9.17, 15) is 8.42 Å². The highest BCUT2D eigenvalue weighted by Gasteiger charge is 2.55. The summed E-state index contributed by atoms with van der Waals surface area (Å²) in [6, 6.07) is 0. The van der Waals surface area contributed by atoms with Gasteiger partial charge in [0.2, 0.25) is 10.0 Å². The van der Waals surface area contributed by atoms with Gasteiger partial charge in [-0.2, -0.15) is 5.10 Å². The van der Waals surface area contributed by atoms with Crippen LogP contribution in [0.1, 0.15) is 43.5 Å². The maximum Gasteiger partial charge on any atom is 0.244 e. The molecule has 4 bridgehead atoms. The molecule has 0 unspecified atom stereocenters. The average Bonchev–Trinajstić information content (AvgIpc) is 2.82. The normalized spacial score (nSPS) is 39.1. The van der Waals surface area contributed by atoms with Crippen molar-refractivity contribution in [3.63, 3.8) is 0 Å². The number of sulfonamides is 1. The topological polar surface area (TPSA) is 101 Å². The first-order valence-corrected chi connectivity index (χ1v) is 10.1. The fourth-order valence-electron chi connectivity index (χ4n) is 5.58. The minimum absolute atomic E-state index is 0.268. The van der Waals surface area contributed by atoms with Crippen LogP contribution in [0.25, 0.3) is 0 Å². The minimum Gasteiger partial charge on any atom is -0.324 e. The van der Waals surface area contributed by atoms with Gasteiger partial charge in [-0.1, -0.05) is 0 Å². The zero-order valence-corrected chi connectivity index (χ0v) is 14.6. The first kappa shape index (κ1) is 15.6. The van der Waals surface area contributed by atoms with Crippen LogP contribution in [0, 0.1) is 37.5 Å². The van der Waals surface area contributed by atoms with Crippen molar-refractivity contribution in [3.05, 3.63) is 11.4 Å². The monoisotopic (exact) mass is 338 g/mol. The van der Waals surface area contributed by atoms with E-state index >= 15 is 0 Å². The molecule has 0 amide bonds. The summed E-state index contributed by atoms with van der Waals surface area (Å²) in [5, 5.41) is 6.73. The van der Waals surface area contributed by atoms with E-state index in [2.05, 4.69) is 14.9 Å². The van der Waals surface area contributed by atoms with Crippen molar-refractivity contribution in [1.82, 2.24) is 14.9 Å². The van der Waals surface area contributed by atoms with E-state index < -0.39 is 10.0 Å². The van der Waals surface area contributed by atoms with Gasteiger partial charge in [0.15, 0.2) is 0 Å². The highest BCUT2D eigenvalue weighted by molar-refractivity contribution is 7.89. The maximum absolute atomic E-state index is 12.7. The molecule has 0 aromatic carbocycles. The molecule has 4 aliphatic rings. The molecule has 0 radical (unpaired) electrons. The van der Waals surface area contributed by atoms with Gasteiger partial charge in [0.25, 0.3) is 0 Å². The molecule has 4 saturated carbocycles.